The number of ether oxygens (including phenoxy) is 1. The Morgan fingerprint density at radius 1 is 1.00 bits per heavy atom. The Bertz CT molecular complexity index is 757. The molecule has 2 N–H and O–H groups in total. The van der Waals surface area contributed by atoms with Crippen LogP contribution in [-0.4, -0.2) is 42.6 Å². The highest BCUT2D eigenvalue weighted by molar-refractivity contribution is 5.98. The minimum absolute atomic E-state index is 0.0755. The predicted molar refractivity (Wildman–Crippen MR) is 104 cm³/mol. The van der Waals surface area contributed by atoms with Crippen LogP contribution < -0.4 is 10.6 Å². The van der Waals surface area contributed by atoms with Gasteiger partial charge in [0.15, 0.2) is 0 Å². The molecule has 2 amide bonds. The minimum Gasteiger partial charge on any atom is -0.445 e. The van der Waals surface area contributed by atoms with Crippen LogP contribution in [0, 0.1) is 0 Å². The fourth-order valence-corrected chi connectivity index (χ4v) is 3.24. The van der Waals surface area contributed by atoms with Gasteiger partial charge in [0.1, 0.15) is 12.1 Å². The maximum Gasteiger partial charge on any atom is 0.410 e. The number of nitrogens with zero attached hydrogens (tertiary/aromatic N) is 1. The molecule has 2 aromatic rings. The molecule has 1 heterocycles. The van der Waals surface area contributed by atoms with Crippen molar-refractivity contribution in [2.75, 3.05) is 25.5 Å². The molecule has 0 aliphatic carbocycles. The Labute approximate surface area is 159 Å². The fraction of sp³-hybridized carbons (Fsp3) is 0.333. The van der Waals surface area contributed by atoms with Gasteiger partial charge >= 0.3 is 6.09 Å². The number of carbonyl (C=O) groups excluding carboxylic acids is 2. The van der Waals surface area contributed by atoms with Gasteiger partial charge in [0, 0.05) is 18.8 Å². The molecule has 0 aromatic heterocycles. The zero-order valence-corrected chi connectivity index (χ0v) is 15.5. The van der Waals surface area contributed by atoms with Gasteiger partial charge in [-0.3, -0.25) is 4.79 Å². The molecule has 0 saturated carbocycles. The van der Waals surface area contributed by atoms with Crippen LogP contribution in [0.3, 0.4) is 0 Å². The van der Waals surface area contributed by atoms with Crippen molar-refractivity contribution in [3.05, 3.63) is 66.2 Å². The van der Waals surface area contributed by atoms with Crippen molar-refractivity contribution in [1.82, 2.24) is 10.2 Å². The van der Waals surface area contributed by atoms with E-state index in [2.05, 4.69) is 10.6 Å². The summed E-state index contributed by atoms with van der Waals surface area (Å²) in [5.74, 6) is -0.0755. The molecular formula is C21H25N3O3. The van der Waals surface area contributed by atoms with Gasteiger partial charge in [-0.1, -0.05) is 48.5 Å². The van der Waals surface area contributed by atoms with Crippen molar-refractivity contribution in [2.45, 2.75) is 25.0 Å². The second kappa shape index (κ2) is 8.68. The minimum atomic E-state index is -0.688. The summed E-state index contributed by atoms with van der Waals surface area (Å²) >= 11 is 0. The number of piperidine rings is 1. The number of hydrogen-bond donors (Lipinski definition) is 2. The summed E-state index contributed by atoms with van der Waals surface area (Å²) < 4.78 is 5.39. The van der Waals surface area contributed by atoms with Crippen LogP contribution in [0.25, 0.3) is 0 Å². The molecule has 0 spiro atoms. The first kappa shape index (κ1) is 18.9. The first-order valence-electron chi connectivity index (χ1n) is 9.14. The van der Waals surface area contributed by atoms with Gasteiger partial charge in [-0.05, 0) is 37.6 Å². The highest BCUT2D eigenvalue weighted by Crippen LogP contribution is 2.24. The van der Waals surface area contributed by atoms with E-state index in [0.717, 1.165) is 11.3 Å². The van der Waals surface area contributed by atoms with E-state index in [9.17, 15) is 9.59 Å². The van der Waals surface area contributed by atoms with Crippen LogP contribution in [-0.2, 0) is 16.1 Å². The molecule has 3 rings (SSSR count). The highest BCUT2D eigenvalue weighted by atomic mass is 16.6. The number of likely N-dealkylation sites (N-methyl/N-ethyl adjacent to an activating group) is 1. The molecule has 1 fully saturated rings. The zero-order chi connectivity index (χ0) is 19.1. The summed E-state index contributed by atoms with van der Waals surface area (Å²) in [7, 11) is 1.79. The van der Waals surface area contributed by atoms with Gasteiger partial charge in [-0.2, -0.15) is 0 Å². The van der Waals surface area contributed by atoms with Gasteiger partial charge in [0.25, 0.3) is 0 Å². The summed E-state index contributed by atoms with van der Waals surface area (Å²) in [6, 6.07) is 19.0. The van der Waals surface area contributed by atoms with Crippen LogP contribution in [0.15, 0.2) is 60.7 Å². The Balaban J connectivity index is 1.54. The molecule has 6 nitrogen and oxygen atoms in total. The van der Waals surface area contributed by atoms with Crippen molar-refractivity contribution in [3.63, 3.8) is 0 Å². The molecule has 1 aliphatic heterocycles. The summed E-state index contributed by atoms with van der Waals surface area (Å²) in [5, 5.41) is 6.12. The number of likely N-dealkylation sites (tertiary alicyclic amines) is 1. The van der Waals surface area contributed by atoms with E-state index in [1.165, 1.54) is 0 Å². The zero-order valence-electron chi connectivity index (χ0n) is 15.5. The summed E-state index contributed by atoms with van der Waals surface area (Å²) in [6.45, 7) is 1.19. The maximum absolute atomic E-state index is 12.8. The van der Waals surface area contributed by atoms with Crippen molar-refractivity contribution >= 4 is 17.7 Å². The Hall–Kier alpha value is -2.86. The molecule has 0 atom stereocenters. The average molecular weight is 367 g/mol. The number of nitrogens with one attached hydrogen (secondary N) is 2. The third-order valence-electron chi connectivity index (χ3n) is 5.03. The third-order valence-corrected chi connectivity index (χ3v) is 5.03. The van der Waals surface area contributed by atoms with E-state index >= 15 is 0 Å². The molecule has 0 bridgehead atoms. The molecule has 0 radical (unpaired) electrons. The summed E-state index contributed by atoms with van der Waals surface area (Å²) in [4.78, 5) is 26.8. The number of amides is 2. The van der Waals surface area contributed by atoms with Crippen LogP contribution >= 0.6 is 0 Å². The van der Waals surface area contributed by atoms with E-state index in [1.807, 2.05) is 60.7 Å². The second-order valence-corrected chi connectivity index (χ2v) is 6.68. The number of rotatable bonds is 5. The van der Waals surface area contributed by atoms with E-state index in [-0.39, 0.29) is 18.6 Å². The quantitative estimate of drug-likeness (QED) is 0.852. The summed E-state index contributed by atoms with van der Waals surface area (Å²) in [6.07, 6.45) is 0.720. The van der Waals surface area contributed by atoms with Crippen LogP contribution in [0.1, 0.15) is 18.4 Å². The fourth-order valence-electron chi connectivity index (χ4n) is 3.24. The Kier molecular flexibility index (Phi) is 6.08. The topological polar surface area (TPSA) is 70.7 Å². The molecular weight excluding hydrogens is 342 g/mol. The molecule has 0 unspecified atom stereocenters. The number of benzene rings is 2. The van der Waals surface area contributed by atoms with E-state index in [0.29, 0.717) is 25.9 Å². The highest BCUT2D eigenvalue weighted by Gasteiger charge is 2.41. The maximum atomic E-state index is 12.8. The predicted octanol–water partition coefficient (Wildman–Crippen LogP) is 3.02. The van der Waals surface area contributed by atoms with Crippen LogP contribution in [0.4, 0.5) is 10.5 Å². The number of anilines is 1. The van der Waals surface area contributed by atoms with Gasteiger partial charge in [0.2, 0.25) is 5.91 Å². The van der Waals surface area contributed by atoms with Crippen LogP contribution in [0.5, 0.6) is 0 Å². The van der Waals surface area contributed by atoms with Gasteiger partial charge in [-0.15, -0.1) is 0 Å². The molecule has 142 valence electrons. The normalized spacial score (nSPS) is 15.8. The van der Waals surface area contributed by atoms with Gasteiger partial charge in [0.05, 0.1) is 0 Å². The van der Waals surface area contributed by atoms with Crippen molar-refractivity contribution in [3.8, 4) is 0 Å². The standard InChI is InChI=1S/C21H25N3O3/c1-22-21(19(25)23-18-10-6-3-7-11-18)12-14-24(15-13-21)20(26)27-16-17-8-4-2-5-9-17/h2-11,22H,12-16H2,1H3,(H,23,25). The van der Waals surface area contributed by atoms with Gasteiger partial charge < -0.3 is 20.3 Å². The smallest absolute Gasteiger partial charge is 0.410 e. The number of carbonyl (C=O) groups is 2. The molecule has 1 aliphatic rings. The lowest BCUT2D eigenvalue weighted by molar-refractivity contribution is -0.124. The number of hydrogen-bond acceptors (Lipinski definition) is 4. The Morgan fingerprint density at radius 3 is 2.19 bits per heavy atom. The summed E-state index contributed by atoms with van der Waals surface area (Å²) in [5.41, 5.74) is 1.03. The SMILES string of the molecule is CNC1(C(=O)Nc2ccccc2)CCN(C(=O)OCc2ccccc2)CC1. The van der Waals surface area contributed by atoms with Gasteiger partial charge in [-0.25, -0.2) is 4.79 Å². The molecule has 2 aromatic carbocycles. The first-order chi connectivity index (χ1) is 13.1. The van der Waals surface area contributed by atoms with Crippen molar-refractivity contribution in [2.24, 2.45) is 0 Å². The number of para-hydroxylation sites is 1. The lowest BCUT2D eigenvalue weighted by atomic mass is 9.86. The second-order valence-electron chi connectivity index (χ2n) is 6.68. The van der Waals surface area contributed by atoms with E-state index in [1.54, 1.807) is 11.9 Å². The third kappa shape index (κ3) is 4.65. The monoisotopic (exact) mass is 367 g/mol. The molecule has 1 saturated heterocycles. The molecule has 6 heteroatoms. The van der Waals surface area contributed by atoms with E-state index in [4.69, 9.17) is 4.74 Å². The molecule has 27 heavy (non-hydrogen) atoms. The van der Waals surface area contributed by atoms with Crippen molar-refractivity contribution in [1.29, 1.82) is 0 Å². The van der Waals surface area contributed by atoms with E-state index < -0.39 is 5.54 Å². The lowest BCUT2D eigenvalue weighted by Gasteiger charge is -2.40. The first-order valence-corrected chi connectivity index (χ1v) is 9.14. The lowest BCUT2D eigenvalue weighted by Crippen LogP contribution is -2.59. The largest absolute Gasteiger partial charge is 0.445 e. The Morgan fingerprint density at radius 2 is 1.59 bits per heavy atom. The van der Waals surface area contributed by atoms with Crippen molar-refractivity contribution < 1.29 is 14.3 Å². The average Bonchev–Trinajstić information content (AvgIpc) is 2.73. The van der Waals surface area contributed by atoms with Crippen LogP contribution in [0.2, 0.25) is 0 Å².